The van der Waals surface area contributed by atoms with E-state index in [1.807, 2.05) is 42.5 Å². The maximum atomic E-state index is 13.0. The number of pyridine rings is 1. The standard InChI is InChI=1S/C26H25Cl2N3O2/c1-17(19-7-9-21(27)10-8-19)23(20-6-4-5-18(13-20)14-29)16-31-25(32)26(2,3)33-24-12-11-22(28)15-30-24/h4-13,15,17,23H,16H2,1-3H3,(H,31,32). The van der Waals surface area contributed by atoms with Crippen LogP contribution in [0.3, 0.4) is 0 Å². The summed E-state index contributed by atoms with van der Waals surface area (Å²) in [6.45, 7) is 5.83. The lowest BCUT2D eigenvalue weighted by molar-refractivity contribution is -0.134. The molecule has 5 nitrogen and oxygen atoms in total. The van der Waals surface area contributed by atoms with Gasteiger partial charge in [0.25, 0.3) is 5.91 Å². The zero-order chi connectivity index (χ0) is 24.0. The molecule has 0 bridgehead atoms. The van der Waals surface area contributed by atoms with Crippen molar-refractivity contribution in [1.29, 1.82) is 5.26 Å². The first-order valence-electron chi connectivity index (χ1n) is 10.5. The minimum Gasteiger partial charge on any atom is -0.462 e. The monoisotopic (exact) mass is 481 g/mol. The summed E-state index contributed by atoms with van der Waals surface area (Å²) in [6, 6.07) is 20.6. The van der Waals surface area contributed by atoms with Crippen molar-refractivity contribution < 1.29 is 9.53 Å². The second-order valence-electron chi connectivity index (χ2n) is 8.32. The summed E-state index contributed by atoms with van der Waals surface area (Å²) < 4.78 is 5.81. The quantitative estimate of drug-likeness (QED) is 0.420. The van der Waals surface area contributed by atoms with Gasteiger partial charge in [-0.2, -0.15) is 5.26 Å². The van der Waals surface area contributed by atoms with Crippen molar-refractivity contribution in [2.75, 3.05) is 6.54 Å². The molecule has 1 N–H and O–H groups in total. The summed E-state index contributed by atoms with van der Waals surface area (Å²) in [5, 5.41) is 13.5. The average molecular weight is 482 g/mol. The molecule has 0 fully saturated rings. The van der Waals surface area contributed by atoms with Crippen molar-refractivity contribution in [2.45, 2.75) is 38.2 Å². The van der Waals surface area contributed by atoms with Crippen molar-refractivity contribution >= 4 is 29.1 Å². The number of rotatable bonds is 8. The topological polar surface area (TPSA) is 75.0 Å². The Bertz CT molecular complexity index is 1140. The van der Waals surface area contributed by atoms with Gasteiger partial charge in [0.15, 0.2) is 5.60 Å². The minimum atomic E-state index is -1.15. The Balaban J connectivity index is 1.80. The van der Waals surface area contributed by atoms with E-state index in [1.165, 1.54) is 6.20 Å². The fourth-order valence-corrected chi connectivity index (χ4v) is 3.80. The van der Waals surface area contributed by atoms with E-state index in [1.54, 1.807) is 32.0 Å². The van der Waals surface area contributed by atoms with Crippen LogP contribution >= 0.6 is 23.2 Å². The summed E-state index contributed by atoms with van der Waals surface area (Å²) in [4.78, 5) is 17.1. The molecule has 2 aromatic carbocycles. The average Bonchev–Trinajstić information content (AvgIpc) is 2.81. The van der Waals surface area contributed by atoms with E-state index in [-0.39, 0.29) is 17.7 Å². The van der Waals surface area contributed by atoms with Crippen LogP contribution in [0.1, 0.15) is 49.3 Å². The lowest BCUT2D eigenvalue weighted by atomic mass is 9.82. The second kappa shape index (κ2) is 10.7. The lowest BCUT2D eigenvalue weighted by Crippen LogP contribution is -2.48. The number of nitriles is 1. The van der Waals surface area contributed by atoms with Gasteiger partial charge < -0.3 is 10.1 Å². The number of hydrogen-bond donors (Lipinski definition) is 1. The second-order valence-corrected chi connectivity index (χ2v) is 9.19. The van der Waals surface area contributed by atoms with Crippen LogP contribution in [0.25, 0.3) is 0 Å². The van der Waals surface area contributed by atoms with Crippen LogP contribution in [0.2, 0.25) is 10.0 Å². The van der Waals surface area contributed by atoms with Crippen LogP contribution in [0.5, 0.6) is 5.88 Å². The van der Waals surface area contributed by atoms with Gasteiger partial charge in [-0.15, -0.1) is 0 Å². The first-order chi connectivity index (χ1) is 15.7. The molecule has 33 heavy (non-hydrogen) atoms. The minimum absolute atomic E-state index is 0.0541. The Kier molecular flexibility index (Phi) is 7.97. The van der Waals surface area contributed by atoms with Gasteiger partial charge in [0, 0.05) is 29.7 Å². The van der Waals surface area contributed by atoms with Crippen LogP contribution in [0.4, 0.5) is 0 Å². The number of carbonyl (C=O) groups excluding carboxylic acids is 1. The maximum absolute atomic E-state index is 13.0. The molecule has 3 rings (SSSR count). The van der Waals surface area contributed by atoms with Crippen LogP contribution < -0.4 is 10.1 Å². The van der Waals surface area contributed by atoms with E-state index in [2.05, 4.69) is 23.3 Å². The Morgan fingerprint density at radius 1 is 1.09 bits per heavy atom. The molecule has 1 aromatic heterocycles. The highest BCUT2D eigenvalue weighted by atomic mass is 35.5. The first-order valence-corrected chi connectivity index (χ1v) is 11.3. The van der Waals surface area contributed by atoms with Gasteiger partial charge in [-0.05, 0) is 61.2 Å². The van der Waals surface area contributed by atoms with Crippen molar-refractivity contribution in [3.63, 3.8) is 0 Å². The van der Waals surface area contributed by atoms with Gasteiger partial charge in [0.05, 0.1) is 16.7 Å². The fourth-order valence-electron chi connectivity index (χ4n) is 3.57. The SMILES string of the molecule is CC(c1ccc(Cl)cc1)C(CNC(=O)C(C)(C)Oc1ccc(Cl)cn1)c1cccc(C#N)c1. The molecule has 1 amide bonds. The molecule has 3 aromatic rings. The van der Waals surface area contributed by atoms with Crippen LogP contribution in [0, 0.1) is 11.3 Å². The van der Waals surface area contributed by atoms with Crippen molar-refractivity contribution in [3.8, 4) is 11.9 Å². The lowest BCUT2D eigenvalue weighted by Gasteiger charge is -2.29. The van der Waals surface area contributed by atoms with Crippen LogP contribution in [0.15, 0.2) is 66.9 Å². The van der Waals surface area contributed by atoms with Gasteiger partial charge >= 0.3 is 0 Å². The molecule has 2 unspecified atom stereocenters. The number of ether oxygens (including phenoxy) is 1. The van der Waals surface area contributed by atoms with Gasteiger partial charge in [-0.25, -0.2) is 4.98 Å². The van der Waals surface area contributed by atoms with E-state index in [9.17, 15) is 10.1 Å². The maximum Gasteiger partial charge on any atom is 0.263 e. The number of nitrogens with zero attached hydrogens (tertiary/aromatic N) is 2. The van der Waals surface area contributed by atoms with E-state index in [0.717, 1.165) is 11.1 Å². The molecule has 0 radical (unpaired) electrons. The summed E-state index contributed by atoms with van der Waals surface area (Å²) in [5.74, 6) is 0.0164. The number of amides is 1. The highest BCUT2D eigenvalue weighted by Crippen LogP contribution is 2.33. The van der Waals surface area contributed by atoms with E-state index in [0.29, 0.717) is 28.0 Å². The van der Waals surface area contributed by atoms with E-state index in [4.69, 9.17) is 27.9 Å². The number of halogens is 2. The first kappa shape index (κ1) is 24.6. The molecule has 0 aliphatic rings. The van der Waals surface area contributed by atoms with Gasteiger partial charge in [0.2, 0.25) is 5.88 Å². The fraction of sp³-hybridized carbons (Fsp3) is 0.269. The van der Waals surface area contributed by atoms with Gasteiger partial charge in [-0.3, -0.25) is 4.79 Å². The number of nitrogens with one attached hydrogen (secondary N) is 1. The molecular formula is C26H25Cl2N3O2. The third-order valence-corrected chi connectivity index (χ3v) is 6.01. The van der Waals surface area contributed by atoms with Crippen LogP contribution in [-0.4, -0.2) is 23.0 Å². The normalized spacial score (nSPS) is 13.0. The molecule has 0 saturated heterocycles. The molecule has 2 atom stereocenters. The van der Waals surface area contributed by atoms with Crippen molar-refractivity contribution in [3.05, 3.63) is 93.6 Å². The molecule has 1 heterocycles. The molecule has 170 valence electrons. The zero-order valence-corrected chi connectivity index (χ0v) is 20.2. The third kappa shape index (κ3) is 6.47. The molecule has 0 saturated carbocycles. The number of carbonyl (C=O) groups is 1. The summed E-state index contributed by atoms with van der Waals surface area (Å²) in [5.41, 5.74) is 1.48. The Labute approximate surface area is 204 Å². The highest BCUT2D eigenvalue weighted by molar-refractivity contribution is 6.30. The predicted octanol–water partition coefficient (Wildman–Crippen LogP) is 6.12. The Morgan fingerprint density at radius 2 is 1.79 bits per heavy atom. The third-order valence-electron chi connectivity index (χ3n) is 5.53. The number of benzene rings is 2. The van der Waals surface area contributed by atoms with E-state index >= 15 is 0 Å². The highest BCUT2D eigenvalue weighted by Gasteiger charge is 2.32. The molecule has 7 heteroatoms. The van der Waals surface area contributed by atoms with E-state index < -0.39 is 5.60 Å². The molecule has 0 aliphatic heterocycles. The summed E-state index contributed by atoms with van der Waals surface area (Å²) in [7, 11) is 0. The van der Waals surface area contributed by atoms with Crippen molar-refractivity contribution in [1.82, 2.24) is 10.3 Å². The largest absolute Gasteiger partial charge is 0.462 e. The van der Waals surface area contributed by atoms with Gasteiger partial charge in [-0.1, -0.05) is 54.4 Å². The molecular weight excluding hydrogens is 457 g/mol. The van der Waals surface area contributed by atoms with Crippen molar-refractivity contribution in [2.24, 2.45) is 0 Å². The smallest absolute Gasteiger partial charge is 0.263 e. The summed E-state index contributed by atoms with van der Waals surface area (Å²) >= 11 is 11.9. The predicted molar refractivity (Wildman–Crippen MR) is 131 cm³/mol. The number of aromatic nitrogens is 1. The zero-order valence-electron chi connectivity index (χ0n) is 18.7. The van der Waals surface area contributed by atoms with Crippen LogP contribution in [-0.2, 0) is 4.79 Å². The number of hydrogen-bond acceptors (Lipinski definition) is 4. The molecule has 0 spiro atoms. The molecule has 0 aliphatic carbocycles. The Morgan fingerprint density at radius 3 is 2.42 bits per heavy atom. The Hall–Kier alpha value is -3.07. The van der Waals surface area contributed by atoms with Gasteiger partial charge in [0.1, 0.15) is 0 Å². The summed E-state index contributed by atoms with van der Waals surface area (Å²) in [6.07, 6.45) is 1.47.